The summed E-state index contributed by atoms with van der Waals surface area (Å²) in [6, 6.07) is 0. The molecule has 0 atom stereocenters. The van der Waals surface area contributed by atoms with Crippen molar-refractivity contribution >= 4 is 48.2 Å². The van der Waals surface area contributed by atoms with Gasteiger partial charge >= 0.3 is 29.6 Å². The first-order valence-corrected chi connectivity index (χ1v) is 6.75. The Morgan fingerprint density at radius 3 is 1.43 bits per heavy atom. The number of nitrogens with one attached hydrogen (secondary N) is 1. The van der Waals surface area contributed by atoms with Gasteiger partial charge in [0.25, 0.3) is 0 Å². The van der Waals surface area contributed by atoms with Gasteiger partial charge in [-0.3, -0.25) is 0 Å². The van der Waals surface area contributed by atoms with Gasteiger partial charge in [0, 0.05) is 0 Å². The molecule has 0 radical (unpaired) electrons. The van der Waals surface area contributed by atoms with Crippen LogP contribution in [0, 0.1) is 0 Å². The Hall–Kier alpha value is 1.39. The van der Waals surface area contributed by atoms with Gasteiger partial charge in [-0.05, 0) is 0 Å². The van der Waals surface area contributed by atoms with Gasteiger partial charge in [0.05, 0.1) is 10.4 Å². The maximum atomic E-state index is 3.38. The molecule has 0 aliphatic carbocycles. The standard InChI is InChI=1S/C3H13NSi2.Na.H/c1-6(2,3)4-5;;/h4H,1-3,5H3;;. The van der Waals surface area contributed by atoms with Crippen LogP contribution in [0.25, 0.3) is 0 Å². The third-order valence-electron chi connectivity index (χ3n) is 0.750. The van der Waals surface area contributed by atoms with Crippen molar-refractivity contribution in [3.05, 3.63) is 0 Å². The van der Waals surface area contributed by atoms with Crippen LogP contribution in [0.1, 0.15) is 0 Å². The van der Waals surface area contributed by atoms with Crippen molar-refractivity contribution in [3.63, 3.8) is 0 Å². The van der Waals surface area contributed by atoms with E-state index in [2.05, 4.69) is 24.3 Å². The molecule has 0 aliphatic heterocycles. The molecule has 0 aromatic rings. The Kier molecular flexibility index (Phi) is 6.88. The molecule has 0 saturated heterocycles. The first-order chi connectivity index (χ1) is 2.56. The summed E-state index contributed by atoms with van der Waals surface area (Å²) in [5.41, 5.74) is 0. The summed E-state index contributed by atoms with van der Waals surface area (Å²) >= 11 is 0. The molecule has 40 valence electrons. The van der Waals surface area contributed by atoms with Crippen LogP contribution in [0.5, 0.6) is 0 Å². The van der Waals surface area contributed by atoms with E-state index in [9.17, 15) is 0 Å². The molecule has 0 heterocycles. The zero-order valence-electron chi connectivity index (χ0n) is 5.00. The molecular weight excluding hydrogens is 129 g/mol. The molecule has 0 spiro atoms. The predicted octanol–water partition coefficient (Wildman–Crippen LogP) is -0.957. The van der Waals surface area contributed by atoms with E-state index in [1.807, 2.05) is 0 Å². The summed E-state index contributed by atoms with van der Waals surface area (Å²) in [6.07, 6.45) is 0. The predicted molar refractivity (Wildman–Crippen MR) is 43.6 cm³/mol. The van der Waals surface area contributed by atoms with Gasteiger partial charge in [-0.2, -0.15) is 0 Å². The average Bonchev–Trinajstić information content (AvgIpc) is 1.35. The number of hydrogen-bond acceptors (Lipinski definition) is 1. The summed E-state index contributed by atoms with van der Waals surface area (Å²) in [5, 5.41) is 0. The molecule has 1 nitrogen and oxygen atoms in total. The summed E-state index contributed by atoms with van der Waals surface area (Å²) < 4.78 is 3.38. The van der Waals surface area contributed by atoms with E-state index in [1.165, 1.54) is 0 Å². The van der Waals surface area contributed by atoms with E-state index in [-0.39, 0.29) is 29.6 Å². The van der Waals surface area contributed by atoms with Crippen molar-refractivity contribution in [2.45, 2.75) is 19.6 Å². The molecular formula is C3H14NNaSi2. The van der Waals surface area contributed by atoms with Crippen LogP contribution in [-0.4, -0.2) is 48.2 Å². The SMILES string of the molecule is C[Si](C)(C)N[SiH3].[NaH]. The molecule has 0 aromatic carbocycles. The van der Waals surface area contributed by atoms with E-state index in [0.29, 0.717) is 0 Å². The summed E-state index contributed by atoms with van der Waals surface area (Å²) in [5.74, 6) is 0. The zero-order chi connectivity index (χ0) is 5.21. The minimum atomic E-state index is -0.819. The minimum absolute atomic E-state index is 0. The van der Waals surface area contributed by atoms with Gasteiger partial charge in [0.15, 0.2) is 0 Å². The Balaban J connectivity index is 0. The molecule has 0 aliphatic rings. The van der Waals surface area contributed by atoms with Gasteiger partial charge in [-0.1, -0.05) is 19.6 Å². The summed E-state index contributed by atoms with van der Waals surface area (Å²) in [7, 11) is 0.340. The molecule has 0 unspecified atom stereocenters. The van der Waals surface area contributed by atoms with Crippen LogP contribution in [0.4, 0.5) is 0 Å². The fraction of sp³-hybridized carbons (Fsp3) is 1.00. The van der Waals surface area contributed by atoms with E-state index < -0.39 is 8.24 Å². The number of rotatable bonds is 1. The van der Waals surface area contributed by atoms with E-state index >= 15 is 0 Å². The van der Waals surface area contributed by atoms with Crippen molar-refractivity contribution in [2.24, 2.45) is 0 Å². The third kappa shape index (κ3) is 11.1. The third-order valence-corrected chi connectivity index (χ3v) is 6.75. The van der Waals surface area contributed by atoms with E-state index in [4.69, 9.17) is 0 Å². The number of hydrogen-bond donors (Lipinski definition) is 1. The zero-order valence-corrected chi connectivity index (χ0v) is 8.00. The quantitative estimate of drug-likeness (QED) is 0.466. The second-order valence-corrected chi connectivity index (χ2v) is 9.00. The van der Waals surface area contributed by atoms with Crippen LogP contribution in [0.3, 0.4) is 0 Å². The van der Waals surface area contributed by atoms with E-state index in [0.717, 1.165) is 10.4 Å². The molecule has 4 heteroatoms. The molecule has 0 bridgehead atoms. The average molecular weight is 143 g/mol. The van der Waals surface area contributed by atoms with Gasteiger partial charge in [-0.15, -0.1) is 0 Å². The van der Waals surface area contributed by atoms with Crippen LogP contribution in [0.2, 0.25) is 19.6 Å². The van der Waals surface area contributed by atoms with E-state index in [1.54, 1.807) is 0 Å². The normalized spacial score (nSPS) is 10.7. The Labute approximate surface area is 72.1 Å². The van der Waals surface area contributed by atoms with Crippen LogP contribution < -0.4 is 4.65 Å². The van der Waals surface area contributed by atoms with Crippen LogP contribution >= 0.6 is 0 Å². The van der Waals surface area contributed by atoms with Gasteiger partial charge in [0.2, 0.25) is 0 Å². The molecule has 1 N–H and O–H groups in total. The first kappa shape index (κ1) is 11.2. The van der Waals surface area contributed by atoms with Gasteiger partial charge < -0.3 is 4.65 Å². The Bertz CT molecular complexity index is 42.7. The van der Waals surface area contributed by atoms with Gasteiger partial charge in [-0.25, -0.2) is 0 Å². The summed E-state index contributed by atoms with van der Waals surface area (Å²) in [4.78, 5) is 0. The Morgan fingerprint density at radius 2 is 1.43 bits per heavy atom. The first-order valence-electron chi connectivity index (χ1n) is 2.25. The molecule has 0 saturated carbocycles. The van der Waals surface area contributed by atoms with Crippen LogP contribution in [0.15, 0.2) is 0 Å². The topological polar surface area (TPSA) is 12.0 Å². The van der Waals surface area contributed by atoms with Crippen molar-refractivity contribution in [3.8, 4) is 0 Å². The van der Waals surface area contributed by atoms with Crippen molar-refractivity contribution in [1.82, 2.24) is 4.65 Å². The molecule has 7 heavy (non-hydrogen) atoms. The molecule has 0 amide bonds. The molecule has 0 rings (SSSR count). The monoisotopic (exact) mass is 143 g/mol. The molecule has 0 aromatic heterocycles. The maximum absolute atomic E-state index is 3.38. The second kappa shape index (κ2) is 4.29. The fourth-order valence-corrected chi connectivity index (χ4v) is 0. The molecule has 0 fully saturated rings. The van der Waals surface area contributed by atoms with Crippen molar-refractivity contribution in [1.29, 1.82) is 0 Å². The summed E-state index contributed by atoms with van der Waals surface area (Å²) in [6.45, 7) is 6.92. The van der Waals surface area contributed by atoms with Crippen LogP contribution in [-0.2, 0) is 0 Å². The van der Waals surface area contributed by atoms with Gasteiger partial charge in [0.1, 0.15) is 8.24 Å². The fourth-order valence-electron chi connectivity index (χ4n) is 0. The Morgan fingerprint density at radius 1 is 1.29 bits per heavy atom. The van der Waals surface area contributed by atoms with Crippen molar-refractivity contribution < 1.29 is 0 Å². The van der Waals surface area contributed by atoms with Crippen molar-refractivity contribution in [2.75, 3.05) is 0 Å². The second-order valence-electron chi connectivity index (χ2n) is 2.50.